The highest BCUT2D eigenvalue weighted by Gasteiger charge is 2.27. The van der Waals surface area contributed by atoms with Gasteiger partial charge in [0.05, 0.1) is 13.0 Å². The Morgan fingerprint density at radius 2 is 2.00 bits per heavy atom. The highest BCUT2D eigenvalue weighted by atomic mass is 16.5. The van der Waals surface area contributed by atoms with Crippen LogP contribution in [0.5, 0.6) is 0 Å². The van der Waals surface area contributed by atoms with Crippen LogP contribution in [0.2, 0.25) is 0 Å². The fraction of sp³-hybridized carbons (Fsp3) is 0.800. The number of carbonyl (C=O) groups is 2. The molecule has 1 rings (SSSR count). The van der Waals surface area contributed by atoms with Gasteiger partial charge in [0.25, 0.3) is 0 Å². The molecular formula is C10H18N2O3. The van der Waals surface area contributed by atoms with E-state index in [0.29, 0.717) is 38.9 Å². The minimum atomic E-state index is -0.166. The van der Waals surface area contributed by atoms with Gasteiger partial charge in [0.1, 0.15) is 0 Å². The van der Waals surface area contributed by atoms with E-state index < -0.39 is 0 Å². The fourth-order valence-electron chi connectivity index (χ4n) is 1.81. The Labute approximate surface area is 89.6 Å². The standard InChI is InChI=1S/C10H18N2O3/c1-15-10(14)8-3-6-12(7-4-8)9(13)2-5-11/h8H,2-7,11H2,1H3. The molecule has 0 bridgehead atoms. The van der Waals surface area contributed by atoms with Crippen LogP contribution in [0.25, 0.3) is 0 Å². The van der Waals surface area contributed by atoms with E-state index in [9.17, 15) is 9.59 Å². The molecule has 0 aromatic rings. The molecule has 15 heavy (non-hydrogen) atoms. The summed E-state index contributed by atoms with van der Waals surface area (Å²) in [7, 11) is 1.40. The third-order valence-corrected chi connectivity index (χ3v) is 2.74. The number of piperidine rings is 1. The summed E-state index contributed by atoms with van der Waals surface area (Å²) in [4.78, 5) is 24.5. The fourth-order valence-corrected chi connectivity index (χ4v) is 1.81. The van der Waals surface area contributed by atoms with Crippen molar-refractivity contribution in [3.8, 4) is 0 Å². The van der Waals surface area contributed by atoms with E-state index in [1.54, 1.807) is 4.90 Å². The topological polar surface area (TPSA) is 72.6 Å². The molecule has 0 radical (unpaired) electrons. The number of methoxy groups -OCH3 is 1. The third kappa shape index (κ3) is 3.20. The predicted octanol–water partition coefficient (Wildman–Crippen LogP) is -0.253. The summed E-state index contributed by atoms with van der Waals surface area (Å²) in [6.45, 7) is 1.66. The van der Waals surface area contributed by atoms with Crippen LogP contribution in [0, 0.1) is 5.92 Å². The molecule has 5 heteroatoms. The molecule has 1 heterocycles. The van der Waals surface area contributed by atoms with Crippen LogP contribution >= 0.6 is 0 Å². The lowest BCUT2D eigenvalue weighted by molar-refractivity contribution is -0.148. The molecule has 1 amide bonds. The summed E-state index contributed by atoms with van der Waals surface area (Å²) < 4.78 is 4.67. The molecule has 0 aromatic carbocycles. The maximum atomic E-state index is 11.5. The van der Waals surface area contributed by atoms with Crippen LogP contribution in [0.3, 0.4) is 0 Å². The number of nitrogens with zero attached hydrogens (tertiary/aromatic N) is 1. The second-order valence-electron chi connectivity index (χ2n) is 3.72. The van der Waals surface area contributed by atoms with Gasteiger partial charge < -0.3 is 15.4 Å². The number of hydrogen-bond donors (Lipinski definition) is 1. The van der Waals surface area contributed by atoms with Gasteiger partial charge in [-0.2, -0.15) is 0 Å². The van der Waals surface area contributed by atoms with E-state index >= 15 is 0 Å². The van der Waals surface area contributed by atoms with Crippen molar-refractivity contribution in [2.24, 2.45) is 11.7 Å². The Morgan fingerprint density at radius 1 is 1.40 bits per heavy atom. The lowest BCUT2D eigenvalue weighted by atomic mass is 9.97. The maximum absolute atomic E-state index is 11.5. The van der Waals surface area contributed by atoms with Crippen LogP contribution in [0.15, 0.2) is 0 Å². The summed E-state index contributed by atoms with van der Waals surface area (Å²) in [6, 6.07) is 0. The Balaban J connectivity index is 2.35. The number of esters is 1. The van der Waals surface area contributed by atoms with Gasteiger partial charge in [-0.15, -0.1) is 0 Å². The van der Waals surface area contributed by atoms with Crippen LogP contribution in [-0.4, -0.2) is 43.5 Å². The van der Waals surface area contributed by atoms with Gasteiger partial charge in [-0.1, -0.05) is 0 Å². The van der Waals surface area contributed by atoms with E-state index in [0.717, 1.165) is 0 Å². The quantitative estimate of drug-likeness (QED) is 0.657. The molecule has 1 aliphatic heterocycles. The first kappa shape index (κ1) is 12.0. The number of carbonyl (C=O) groups excluding carboxylic acids is 2. The van der Waals surface area contributed by atoms with Gasteiger partial charge in [-0.3, -0.25) is 9.59 Å². The van der Waals surface area contributed by atoms with Crippen molar-refractivity contribution >= 4 is 11.9 Å². The lowest BCUT2D eigenvalue weighted by Crippen LogP contribution is -2.41. The Kier molecular flexibility index (Phi) is 4.55. The van der Waals surface area contributed by atoms with E-state index in [-0.39, 0.29) is 17.8 Å². The molecule has 86 valence electrons. The molecule has 0 saturated carbocycles. The molecule has 0 atom stereocenters. The van der Waals surface area contributed by atoms with Gasteiger partial charge >= 0.3 is 5.97 Å². The first-order valence-electron chi connectivity index (χ1n) is 5.24. The Bertz CT molecular complexity index is 235. The van der Waals surface area contributed by atoms with Gasteiger partial charge in [-0.25, -0.2) is 0 Å². The van der Waals surface area contributed by atoms with Gasteiger partial charge in [-0.05, 0) is 12.8 Å². The summed E-state index contributed by atoms with van der Waals surface area (Å²) in [6.07, 6.45) is 1.79. The average molecular weight is 214 g/mol. The second-order valence-corrected chi connectivity index (χ2v) is 3.72. The normalized spacial score (nSPS) is 17.6. The maximum Gasteiger partial charge on any atom is 0.308 e. The van der Waals surface area contributed by atoms with Crippen molar-refractivity contribution in [2.45, 2.75) is 19.3 Å². The Morgan fingerprint density at radius 3 is 2.47 bits per heavy atom. The lowest BCUT2D eigenvalue weighted by Gasteiger charge is -2.30. The third-order valence-electron chi connectivity index (χ3n) is 2.74. The number of hydrogen-bond acceptors (Lipinski definition) is 4. The molecule has 0 spiro atoms. The number of likely N-dealkylation sites (tertiary alicyclic amines) is 1. The van der Waals surface area contributed by atoms with Crippen molar-refractivity contribution in [1.82, 2.24) is 4.90 Å². The molecule has 0 aliphatic carbocycles. The molecule has 2 N–H and O–H groups in total. The molecule has 5 nitrogen and oxygen atoms in total. The highest BCUT2D eigenvalue weighted by Crippen LogP contribution is 2.18. The van der Waals surface area contributed by atoms with Gasteiger partial charge in [0, 0.05) is 26.1 Å². The molecular weight excluding hydrogens is 196 g/mol. The van der Waals surface area contributed by atoms with Gasteiger partial charge in [0.2, 0.25) is 5.91 Å². The first-order valence-corrected chi connectivity index (χ1v) is 5.24. The van der Waals surface area contributed by atoms with Crippen molar-refractivity contribution in [3.05, 3.63) is 0 Å². The Hall–Kier alpha value is -1.10. The van der Waals surface area contributed by atoms with Crippen molar-refractivity contribution in [2.75, 3.05) is 26.7 Å². The minimum Gasteiger partial charge on any atom is -0.469 e. The van der Waals surface area contributed by atoms with Crippen molar-refractivity contribution in [3.63, 3.8) is 0 Å². The van der Waals surface area contributed by atoms with Crippen LogP contribution in [-0.2, 0) is 14.3 Å². The number of nitrogens with two attached hydrogens (primary N) is 1. The van der Waals surface area contributed by atoms with Crippen LogP contribution in [0.1, 0.15) is 19.3 Å². The zero-order valence-corrected chi connectivity index (χ0v) is 9.07. The highest BCUT2D eigenvalue weighted by molar-refractivity contribution is 5.77. The first-order chi connectivity index (χ1) is 7.19. The monoisotopic (exact) mass is 214 g/mol. The zero-order valence-electron chi connectivity index (χ0n) is 9.07. The molecule has 0 unspecified atom stereocenters. The zero-order chi connectivity index (χ0) is 11.3. The molecule has 1 fully saturated rings. The van der Waals surface area contributed by atoms with E-state index in [1.165, 1.54) is 7.11 Å². The SMILES string of the molecule is COC(=O)C1CCN(C(=O)CCN)CC1. The number of rotatable bonds is 3. The smallest absolute Gasteiger partial charge is 0.308 e. The molecule has 1 saturated heterocycles. The van der Waals surface area contributed by atoms with E-state index in [4.69, 9.17) is 5.73 Å². The second kappa shape index (κ2) is 5.70. The summed E-state index contributed by atoms with van der Waals surface area (Å²) in [5.41, 5.74) is 5.31. The van der Waals surface area contributed by atoms with E-state index in [2.05, 4.69) is 4.74 Å². The largest absolute Gasteiger partial charge is 0.469 e. The van der Waals surface area contributed by atoms with Crippen LogP contribution in [0.4, 0.5) is 0 Å². The number of ether oxygens (including phenoxy) is 1. The van der Waals surface area contributed by atoms with E-state index in [1.807, 2.05) is 0 Å². The molecule has 1 aliphatic rings. The van der Waals surface area contributed by atoms with Crippen molar-refractivity contribution in [1.29, 1.82) is 0 Å². The minimum absolute atomic E-state index is 0.0445. The van der Waals surface area contributed by atoms with Crippen molar-refractivity contribution < 1.29 is 14.3 Å². The number of amides is 1. The summed E-state index contributed by atoms with van der Waals surface area (Å²) in [5, 5.41) is 0. The average Bonchev–Trinajstić information content (AvgIpc) is 2.28. The van der Waals surface area contributed by atoms with Gasteiger partial charge in [0.15, 0.2) is 0 Å². The molecule has 0 aromatic heterocycles. The summed E-state index contributed by atoms with van der Waals surface area (Å²) >= 11 is 0. The predicted molar refractivity (Wildman–Crippen MR) is 55.0 cm³/mol. The van der Waals surface area contributed by atoms with Crippen LogP contribution < -0.4 is 5.73 Å². The summed E-state index contributed by atoms with van der Waals surface area (Å²) in [5.74, 6) is -0.126.